The molecular weight excluding hydrogens is 408 g/mol. The van der Waals surface area contributed by atoms with Crippen LogP contribution in [-0.2, 0) is 11.2 Å². The lowest BCUT2D eigenvalue weighted by Gasteiger charge is -2.27. The number of carbonyl (C=O) groups is 2. The van der Waals surface area contributed by atoms with Crippen molar-refractivity contribution >= 4 is 28.8 Å². The minimum atomic E-state index is -0.167. The van der Waals surface area contributed by atoms with Gasteiger partial charge in [-0.05, 0) is 55.5 Å². The zero-order valence-corrected chi connectivity index (χ0v) is 18.9. The molecule has 0 aliphatic heterocycles. The number of amides is 2. The predicted molar refractivity (Wildman–Crippen MR) is 126 cm³/mol. The van der Waals surface area contributed by atoms with Gasteiger partial charge in [-0.15, -0.1) is 11.3 Å². The number of hydrogen-bond acceptors (Lipinski definition) is 4. The van der Waals surface area contributed by atoms with E-state index < -0.39 is 0 Å². The first kappa shape index (κ1) is 22.6. The minimum absolute atomic E-state index is 0.0445. The number of para-hydroxylation sites is 1. The van der Waals surface area contributed by atoms with E-state index in [1.165, 1.54) is 4.88 Å². The summed E-state index contributed by atoms with van der Waals surface area (Å²) in [6, 6.07) is 18.7. The highest BCUT2D eigenvalue weighted by atomic mass is 32.1. The molecule has 0 fully saturated rings. The predicted octanol–water partition coefficient (Wildman–Crippen LogP) is 5.55. The second-order valence-corrected chi connectivity index (χ2v) is 8.43. The lowest BCUT2D eigenvalue weighted by Crippen LogP contribution is -2.30. The third-order valence-electron chi connectivity index (χ3n) is 5.29. The lowest BCUT2D eigenvalue weighted by atomic mass is 10.0. The fourth-order valence-electron chi connectivity index (χ4n) is 3.43. The molecule has 1 unspecified atom stereocenters. The first-order valence-electron chi connectivity index (χ1n) is 10.3. The molecule has 162 valence electrons. The van der Waals surface area contributed by atoms with Crippen LogP contribution in [0.4, 0.5) is 5.69 Å². The van der Waals surface area contributed by atoms with Crippen molar-refractivity contribution in [2.75, 3.05) is 19.5 Å². The van der Waals surface area contributed by atoms with Gasteiger partial charge in [-0.2, -0.15) is 0 Å². The highest BCUT2D eigenvalue weighted by molar-refractivity contribution is 7.09. The highest BCUT2D eigenvalue weighted by Crippen LogP contribution is 2.29. The maximum absolute atomic E-state index is 13.1. The Balaban J connectivity index is 1.61. The summed E-state index contributed by atoms with van der Waals surface area (Å²) in [6.45, 7) is 1.97. The van der Waals surface area contributed by atoms with Crippen molar-refractivity contribution in [1.29, 1.82) is 0 Å². The third-order valence-corrected chi connectivity index (χ3v) is 6.23. The average Bonchev–Trinajstić information content (AvgIpc) is 3.31. The van der Waals surface area contributed by atoms with Crippen molar-refractivity contribution in [2.24, 2.45) is 0 Å². The molecule has 0 saturated carbocycles. The molecule has 31 heavy (non-hydrogen) atoms. The molecule has 1 aromatic heterocycles. The Bertz CT molecular complexity index is 1020. The molecule has 2 amide bonds. The maximum atomic E-state index is 13.1. The molecule has 3 aromatic rings. The van der Waals surface area contributed by atoms with Gasteiger partial charge in [0.1, 0.15) is 5.75 Å². The standard InChI is InChI=1S/C25H28N2O3S/c1-18(22-13-4-5-14-23(22)30-3)27(2)25(29)19-9-6-10-20(17-19)26-24(28)15-7-11-21-12-8-16-31-21/h4-6,8-10,12-14,16-18H,7,11,15H2,1-3H3,(H,26,28). The molecule has 0 saturated heterocycles. The molecule has 0 aliphatic carbocycles. The average molecular weight is 437 g/mol. The van der Waals surface area contributed by atoms with Gasteiger partial charge < -0.3 is 15.0 Å². The molecule has 0 bridgehead atoms. The van der Waals surface area contributed by atoms with Crippen LogP contribution in [0.5, 0.6) is 5.75 Å². The SMILES string of the molecule is COc1ccccc1C(C)N(C)C(=O)c1cccc(NC(=O)CCCc2cccs2)c1. The van der Waals surface area contributed by atoms with Crippen molar-refractivity contribution < 1.29 is 14.3 Å². The van der Waals surface area contributed by atoms with E-state index in [1.807, 2.05) is 42.6 Å². The number of nitrogens with zero attached hydrogens (tertiary/aromatic N) is 1. The quantitative estimate of drug-likeness (QED) is 0.478. The van der Waals surface area contributed by atoms with Crippen molar-refractivity contribution in [2.45, 2.75) is 32.2 Å². The van der Waals surface area contributed by atoms with Gasteiger partial charge in [-0.3, -0.25) is 9.59 Å². The summed E-state index contributed by atoms with van der Waals surface area (Å²) >= 11 is 1.71. The molecule has 6 heteroatoms. The van der Waals surface area contributed by atoms with Crippen LogP contribution >= 0.6 is 11.3 Å². The smallest absolute Gasteiger partial charge is 0.254 e. The number of methoxy groups -OCH3 is 1. The lowest BCUT2D eigenvalue weighted by molar-refractivity contribution is -0.116. The Morgan fingerprint density at radius 3 is 2.65 bits per heavy atom. The van der Waals surface area contributed by atoms with Crippen LogP contribution in [0.3, 0.4) is 0 Å². The molecule has 1 heterocycles. The summed E-state index contributed by atoms with van der Waals surface area (Å²) in [7, 11) is 3.40. The van der Waals surface area contributed by atoms with Crippen LogP contribution in [-0.4, -0.2) is 30.9 Å². The first-order valence-corrected chi connectivity index (χ1v) is 11.2. The zero-order valence-electron chi connectivity index (χ0n) is 18.1. The number of hydrogen-bond donors (Lipinski definition) is 1. The number of aryl methyl sites for hydroxylation is 1. The molecule has 2 aromatic carbocycles. The van der Waals surface area contributed by atoms with Gasteiger partial charge in [-0.25, -0.2) is 0 Å². The van der Waals surface area contributed by atoms with E-state index in [0.717, 1.165) is 24.2 Å². The number of nitrogens with one attached hydrogen (secondary N) is 1. The van der Waals surface area contributed by atoms with Gasteiger partial charge in [0.25, 0.3) is 5.91 Å². The molecular formula is C25H28N2O3S. The number of anilines is 1. The molecule has 0 spiro atoms. The van der Waals surface area contributed by atoms with Gasteiger partial charge in [0.2, 0.25) is 5.91 Å². The van der Waals surface area contributed by atoms with Crippen LogP contribution in [0, 0.1) is 0 Å². The Morgan fingerprint density at radius 2 is 1.90 bits per heavy atom. The molecule has 1 atom stereocenters. The van der Waals surface area contributed by atoms with E-state index in [4.69, 9.17) is 4.74 Å². The van der Waals surface area contributed by atoms with E-state index >= 15 is 0 Å². The summed E-state index contributed by atoms with van der Waals surface area (Å²) in [4.78, 5) is 28.3. The number of benzene rings is 2. The fraction of sp³-hybridized carbons (Fsp3) is 0.280. The van der Waals surface area contributed by atoms with Crippen molar-refractivity contribution in [3.63, 3.8) is 0 Å². The van der Waals surface area contributed by atoms with Gasteiger partial charge in [-0.1, -0.05) is 30.3 Å². The van der Waals surface area contributed by atoms with Gasteiger partial charge in [0.15, 0.2) is 0 Å². The largest absolute Gasteiger partial charge is 0.496 e. The molecule has 5 nitrogen and oxygen atoms in total. The molecule has 1 N–H and O–H groups in total. The second-order valence-electron chi connectivity index (χ2n) is 7.40. The van der Waals surface area contributed by atoms with Gasteiger partial charge >= 0.3 is 0 Å². The van der Waals surface area contributed by atoms with Crippen molar-refractivity contribution in [1.82, 2.24) is 4.90 Å². The van der Waals surface area contributed by atoms with Gasteiger partial charge in [0.05, 0.1) is 13.2 Å². The second kappa shape index (κ2) is 10.8. The van der Waals surface area contributed by atoms with Crippen LogP contribution in [0.15, 0.2) is 66.0 Å². The molecule has 0 aliphatic rings. The van der Waals surface area contributed by atoms with E-state index in [9.17, 15) is 9.59 Å². The van der Waals surface area contributed by atoms with Crippen LogP contribution in [0.1, 0.15) is 46.6 Å². The number of thiophene rings is 1. The van der Waals surface area contributed by atoms with E-state index in [-0.39, 0.29) is 17.9 Å². The first-order chi connectivity index (χ1) is 15.0. The van der Waals surface area contributed by atoms with Crippen LogP contribution < -0.4 is 10.1 Å². The van der Waals surface area contributed by atoms with E-state index in [1.54, 1.807) is 54.7 Å². The van der Waals surface area contributed by atoms with Crippen molar-refractivity contribution in [3.8, 4) is 5.75 Å². The van der Waals surface area contributed by atoms with Gasteiger partial charge in [0, 0.05) is 35.2 Å². The summed E-state index contributed by atoms with van der Waals surface area (Å²) in [5.74, 6) is 0.585. The number of carbonyl (C=O) groups excluding carboxylic acids is 2. The topological polar surface area (TPSA) is 58.6 Å². The summed E-state index contributed by atoms with van der Waals surface area (Å²) < 4.78 is 5.44. The number of ether oxygens (including phenoxy) is 1. The Labute approximate surface area is 187 Å². The monoisotopic (exact) mass is 436 g/mol. The summed E-state index contributed by atoms with van der Waals surface area (Å²) in [5, 5.41) is 4.95. The van der Waals surface area contributed by atoms with Crippen LogP contribution in [0.2, 0.25) is 0 Å². The summed E-state index contributed by atoms with van der Waals surface area (Å²) in [5.41, 5.74) is 2.10. The zero-order chi connectivity index (χ0) is 22.2. The Morgan fingerprint density at radius 1 is 1.10 bits per heavy atom. The molecule has 0 radical (unpaired) electrons. The summed E-state index contributed by atoms with van der Waals surface area (Å²) in [6.07, 6.45) is 2.14. The number of rotatable bonds is 9. The fourth-order valence-corrected chi connectivity index (χ4v) is 4.18. The van der Waals surface area contributed by atoms with E-state index in [2.05, 4.69) is 11.4 Å². The normalized spacial score (nSPS) is 11.6. The Kier molecular flexibility index (Phi) is 7.84. The Hall–Kier alpha value is -3.12. The third kappa shape index (κ3) is 5.95. The van der Waals surface area contributed by atoms with Crippen LogP contribution in [0.25, 0.3) is 0 Å². The minimum Gasteiger partial charge on any atom is -0.496 e. The van der Waals surface area contributed by atoms with E-state index in [0.29, 0.717) is 17.7 Å². The van der Waals surface area contributed by atoms with Crippen molar-refractivity contribution in [3.05, 3.63) is 82.0 Å². The maximum Gasteiger partial charge on any atom is 0.254 e. The molecule has 3 rings (SSSR count). The highest BCUT2D eigenvalue weighted by Gasteiger charge is 2.21.